The van der Waals surface area contributed by atoms with Crippen LogP contribution >= 0.6 is 24.2 Å². The van der Waals surface area contributed by atoms with Gasteiger partial charge in [0.15, 0.2) is 0 Å². The fourth-order valence-corrected chi connectivity index (χ4v) is 4.41. The van der Waals surface area contributed by atoms with Crippen molar-refractivity contribution in [1.82, 2.24) is 14.8 Å². The number of benzene rings is 1. The van der Waals surface area contributed by atoms with Crippen molar-refractivity contribution in [1.29, 1.82) is 0 Å². The summed E-state index contributed by atoms with van der Waals surface area (Å²) >= 11 is 11.2. The van der Waals surface area contributed by atoms with Gasteiger partial charge in [-0.3, -0.25) is 9.59 Å². The Hall–Kier alpha value is -2.48. The number of nitrogens with one attached hydrogen (secondary N) is 1. The minimum Gasteiger partial charge on any atom is -0.382 e. The highest BCUT2D eigenvalue weighted by molar-refractivity contribution is 7.80. The number of thiol groups is 1. The van der Waals surface area contributed by atoms with Crippen LogP contribution in [-0.2, 0) is 21.4 Å². The third-order valence-corrected chi connectivity index (χ3v) is 6.44. The lowest BCUT2D eigenvalue weighted by Crippen LogP contribution is -2.44. The van der Waals surface area contributed by atoms with Crippen LogP contribution in [0.1, 0.15) is 38.8 Å². The first-order valence-electron chi connectivity index (χ1n) is 11.3. The summed E-state index contributed by atoms with van der Waals surface area (Å²) in [5, 5.41) is 4.92. The Bertz CT molecular complexity index is 1090. The van der Waals surface area contributed by atoms with E-state index in [1.165, 1.54) is 11.8 Å². The van der Waals surface area contributed by atoms with Crippen LogP contribution in [0.15, 0.2) is 64.7 Å². The van der Waals surface area contributed by atoms with Gasteiger partial charge in [0.1, 0.15) is 6.04 Å². The van der Waals surface area contributed by atoms with Gasteiger partial charge in [-0.15, -0.1) is 12.6 Å². The molecule has 1 aromatic heterocycles. The summed E-state index contributed by atoms with van der Waals surface area (Å²) in [5.74, 6) is -0.552. The largest absolute Gasteiger partial charge is 0.382 e. The van der Waals surface area contributed by atoms with E-state index in [9.17, 15) is 9.59 Å². The number of para-hydroxylation sites is 1. The van der Waals surface area contributed by atoms with Crippen LogP contribution in [0.4, 0.5) is 0 Å². The maximum absolute atomic E-state index is 13.6. The minimum absolute atomic E-state index is 0.121. The first-order chi connectivity index (χ1) is 16.3. The Morgan fingerprint density at radius 2 is 2.06 bits per heavy atom. The maximum atomic E-state index is 13.6. The Kier molecular flexibility index (Phi) is 11.0. The van der Waals surface area contributed by atoms with Crippen LogP contribution in [0, 0.1) is 0 Å². The molecular formula is C26H34ClN3O3S. The summed E-state index contributed by atoms with van der Waals surface area (Å²) < 4.78 is 7.29. The second kappa shape index (κ2) is 13.4. The molecule has 0 aliphatic heterocycles. The molecule has 1 atom stereocenters. The van der Waals surface area contributed by atoms with Crippen LogP contribution in [0.5, 0.6) is 0 Å². The fraction of sp³-hybridized carbons (Fsp3) is 0.385. The SMILES string of the molecule is C=C/C(CN(C(C)=O)C(C(=O)NCCCOCC)c1c(S)n(C)c2ccccc12)=C(Cl)\C=C/C. The third kappa shape index (κ3) is 6.56. The van der Waals surface area contributed by atoms with Gasteiger partial charge in [-0.2, -0.15) is 0 Å². The third-order valence-electron chi connectivity index (χ3n) is 5.53. The number of aromatic nitrogens is 1. The molecule has 8 heteroatoms. The van der Waals surface area contributed by atoms with Crippen LogP contribution in [0.3, 0.4) is 0 Å². The molecule has 0 radical (unpaired) electrons. The monoisotopic (exact) mass is 503 g/mol. The number of ether oxygens (including phenoxy) is 1. The van der Waals surface area contributed by atoms with Crippen molar-refractivity contribution in [3.8, 4) is 0 Å². The van der Waals surface area contributed by atoms with E-state index in [2.05, 4.69) is 11.9 Å². The number of carbonyl (C=O) groups is 2. The van der Waals surface area contributed by atoms with Crippen molar-refractivity contribution in [3.63, 3.8) is 0 Å². The molecule has 2 rings (SSSR count). The van der Waals surface area contributed by atoms with Gasteiger partial charge in [-0.05, 0) is 38.0 Å². The molecule has 184 valence electrons. The van der Waals surface area contributed by atoms with Gasteiger partial charge >= 0.3 is 0 Å². The van der Waals surface area contributed by atoms with Gasteiger partial charge in [0.25, 0.3) is 0 Å². The molecule has 2 aromatic rings. The highest BCUT2D eigenvalue weighted by atomic mass is 35.5. The highest BCUT2D eigenvalue weighted by Gasteiger charge is 2.34. The number of nitrogens with zero attached hydrogens (tertiary/aromatic N) is 2. The number of carbonyl (C=O) groups excluding carboxylic acids is 2. The van der Waals surface area contributed by atoms with E-state index in [4.69, 9.17) is 29.0 Å². The lowest BCUT2D eigenvalue weighted by atomic mass is 10.0. The van der Waals surface area contributed by atoms with Crippen molar-refractivity contribution in [2.24, 2.45) is 7.05 Å². The predicted octanol–water partition coefficient (Wildman–Crippen LogP) is 5.15. The van der Waals surface area contributed by atoms with Crippen molar-refractivity contribution in [2.45, 2.75) is 38.3 Å². The average molecular weight is 504 g/mol. The van der Waals surface area contributed by atoms with Crippen LogP contribution in [0.25, 0.3) is 10.9 Å². The molecule has 0 fully saturated rings. The highest BCUT2D eigenvalue weighted by Crippen LogP contribution is 2.36. The van der Waals surface area contributed by atoms with Gasteiger partial charge in [0.05, 0.1) is 5.03 Å². The average Bonchev–Trinajstić information content (AvgIpc) is 3.06. The zero-order valence-corrected chi connectivity index (χ0v) is 22.0. The maximum Gasteiger partial charge on any atom is 0.247 e. The first-order valence-corrected chi connectivity index (χ1v) is 12.1. The zero-order valence-electron chi connectivity index (χ0n) is 20.3. The summed E-state index contributed by atoms with van der Waals surface area (Å²) in [5.41, 5.74) is 2.24. The normalized spacial score (nSPS) is 13.1. The van der Waals surface area contributed by atoms with Gasteiger partial charge in [0, 0.05) is 61.8 Å². The molecule has 0 spiro atoms. The van der Waals surface area contributed by atoms with Crippen molar-refractivity contribution < 1.29 is 14.3 Å². The number of rotatable bonds is 12. The van der Waals surface area contributed by atoms with E-state index in [1.54, 1.807) is 12.2 Å². The van der Waals surface area contributed by atoms with Crippen LogP contribution in [0.2, 0.25) is 0 Å². The second-order valence-electron chi connectivity index (χ2n) is 7.78. The van der Waals surface area contributed by atoms with Gasteiger partial charge in [-0.25, -0.2) is 0 Å². The van der Waals surface area contributed by atoms with E-state index in [1.807, 2.05) is 55.8 Å². The number of hydrogen-bond acceptors (Lipinski definition) is 4. The Labute approximate surface area is 212 Å². The van der Waals surface area contributed by atoms with E-state index in [-0.39, 0.29) is 18.4 Å². The molecule has 0 aliphatic carbocycles. The summed E-state index contributed by atoms with van der Waals surface area (Å²) in [4.78, 5) is 28.1. The molecule has 1 N–H and O–H groups in total. The molecule has 0 saturated heterocycles. The number of allylic oxidation sites excluding steroid dienone is 3. The minimum atomic E-state index is -0.909. The lowest BCUT2D eigenvalue weighted by Gasteiger charge is -2.31. The van der Waals surface area contributed by atoms with Crippen LogP contribution in [-0.4, -0.2) is 47.6 Å². The van der Waals surface area contributed by atoms with Gasteiger partial charge < -0.3 is 19.5 Å². The fourth-order valence-electron chi connectivity index (χ4n) is 3.79. The van der Waals surface area contributed by atoms with Gasteiger partial charge in [0.2, 0.25) is 11.8 Å². The predicted molar refractivity (Wildman–Crippen MR) is 142 cm³/mol. The van der Waals surface area contributed by atoms with E-state index < -0.39 is 6.04 Å². The van der Waals surface area contributed by atoms with E-state index >= 15 is 0 Å². The number of hydrogen-bond donors (Lipinski definition) is 2. The van der Waals surface area contributed by atoms with Crippen molar-refractivity contribution in [2.75, 3.05) is 26.3 Å². The molecular weight excluding hydrogens is 470 g/mol. The van der Waals surface area contributed by atoms with Gasteiger partial charge in [-0.1, -0.05) is 48.5 Å². The molecule has 0 aliphatic rings. The molecule has 34 heavy (non-hydrogen) atoms. The topological polar surface area (TPSA) is 63.6 Å². The van der Waals surface area contributed by atoms with E-state index in [0.717, 1.165) is 10.9 Å². The van der Waals surface area contributed by atoms with Crippen LogP contribution < -0.4 is 5.32 Å². The number of aryl methyl sites for hydroxylation is 1. The second-order valence-corrected chi connectivity index (χ2v) is 8.61. The quantitative estimate of drug-likeness (QED) is 0.239. The summed E-state index contributed by atoms with van der Waals surface area (Å²) in [6.45, 7) is 10.8. The number of fused-ring (bicyclic) bond motifs is 1. The Morgan fingerprint density at radius 3 is 2.68 bits per heavy atom. The summed E-state index contributed by atoms with van der Waals surface area (Å²) in [6.07, 6.45) is 5.82. The van der Waals surface area contributed by atoms with Crippen molar-refractivity contribution in [3.05, 3.63) is 65.2 Å². The smallest absolute Gasteiger partial charge is 0.247 e. The van der Waals surface area contributed by atoms with Crippen molar-refractivity contribution >= 4 is 46.9 Å². The number of halogens is 1. The summed E-state index contributed by atoms with van der Waals surface area (Å²) in [7, 11) is 1.89. The molecule has 6 nitrogen and oxygen atoms in total. The lowest BCUT2D eigenvalue weighted by molar-refractivity contribution is -0.138. The zero-order chi connectivity index (χ0) is 25.3. The Balaban J connectivity index is 2.59. The molecule has 1 aromatic carbocycles. The molecule has 1 heterocycles. The number of amides is 2. The standard InChI is InChI=1S/C26H34ClN3O3S/c1-6-12-21(27)19(7-2)17-30(18(4)31)24(25(32)28-15-11-16-33-8-3)23-20-13-9-10-14-22(20)29(5)26(23)34/h6-7,9-10,12-14,24,34H,2,8,11,15-17H2,1,3-5H3,(H,28,32)/b12-6-,21-19-. The molecule has 0 bridgehead atoms. The summed E-state index contributed by atoms with van der Waals surface area (Å²) in [6, 6.07) is 6.83. The Morgan fingerprint density at radius 1 is 1.35 bits per heavy atom. The molecule has 0 saturated carbocycles. The molecule has 2 amide bonds. The first kappa shape index (κ1) is 27.8. The van der Waals surface area contributed by atoms with E-state index in [0.29, 0.717) is 47.4 Å². The molecule has 1 unspecified atom stereocenters.